The van der Waals surface area contributed by atoms with Crippen molar-refractivity contribution < 1.29 is 35.6 Å². The summed E-state index contributed by atoms with van der Waals surface area (Å²) >= 11 is 0. The summed E-state index contributed by atoms with van der Waals surface area (Å²) in [4.78, 5) is 3.40. The first kappa shape index (κ1) is 20.8. The molecule has 3 aromatic rings. The fourth-order valence-corrected chi connectivity index (χ4v) is 3.25. The maximum atomic E-state index is 14.5. The van der Waals surface area contributed by atoms with Gasteiger partial charge in [-0.2, -0.15) is 27.1 Å². The molecular formula is C18H13F6N5O2. The Morgan fingerprint density at radius 2 is 1.94 bits per heavy atom. The van der Waals surface area contributed by atoms with E-state index < -0.39 is 48.7 Å². The number of aromatic nitrogens is 3. The fourth-order valence-electron chi connectivity index (χ4n) is 3.25. The van der Waals surface area contributed by atoms with Gasteiger partial charge in [0.25, 0.3) is 6.02 Å². The highest BCUT2D eigenvalue weighted by atomic mass is 19.4. The first-order valence-corrected chi connectivity index (χ1v) is 8.75. The Kier molecular flexibility index (Phi) is 4.90. The SMILES string of the molecule is NC1=N[C@@](c2cc(-c3cc(-c4cnn(C(F)F)c4)no3)ccc2F)(C(F)(F)F)CCO1. The molecule has 0 fully saturated rings. The van der Waals surface area contributed by atoms with Crippen molar-refractivity contribution in [3.8, 4) is 22.6 Å². The van der Waals surface area contributed by atoms with Crippen molar-refractivity contribution in [2.45, 2.75) is 24.7 Å². The molecule has 0 spiro atoms. The van der Waals surface area contributed by atoms with Gasteiger partial charge in [-0.3, -0.25) is 0 Å². The molecule has 7 nitrogen and oxygen atoms in total. The molecule has 1 aromatic carbocycles. The van der Waals surface area contributed by atoms with Crippen LogP contribution < -0.4 is 5.73 Å². The lowest BCUT2D eigenvalue weighted by molar-refractivity contribution is -0.196. The van der Waals surface area contributed by atoms with E-state index in [-0.39, 0.29) is 22.6 Å². The summed E-state index contributed by atoms with van der Waals surface area (Å²) in [6.45, 7) is -3.26. The summed E-state index contributed by atoms with van der Waals surface area (Å²) in [5, 5.41) is 7.20. The highest BCUT2D eigenvalue weighted by Crippen LogP contribution is 2.48. The third-order valence-corrected chi connectivity index (χ3v) is 4.79. The predicted octanol–water partition coefficient (Wildman–Crippen LogP) is 4.23. The van der Waals surface area contributed by atoms with Crippen LogP contribution in [0.3, 0.4) is 0 Å². The monoisotopic (exact) mass is 445 g/mol. The van der Waals surface area contributed by atoms with Gasteiger partial charge in [-0.25, -0.2) is 14.1 Å². The maximum Gasteiger partial charge on any atom is 0.418 e. The largest absolute Gasteiger partial charge is 0.465 e. The van der Waals surface area contributed by atoms with Crippen LogP contribution in [0.15, 0.2) is 46.2 Å². The zero-order valence-corrected chi connectivity index (χ0v) is 15.4. The summed E-state index contributed by atoms with van der Waals surface area (Å²) in [6.07, 6.45) is -3.48. The van der Waals surface area contributed by atoms with E-state index in [9.17, 15) is 26.3 Å². The summed E-state index contributed by atoms with van der Waals surface area (Å²) < 4.78 is 92.2. The molecule has 1 aliphatic heterocycles. The zero-order valence-electron chi connectivity index (χ0n) is 15.4. The maximum absolute atomic E-state index is 14.5. The Labute approximate surface area is 170 Å². The van der Waals surface area contributed by atoms with Crippen LogP contribution in [-0.2, 0) is 10.3 Å². The molecule has 2 N–H and O–H groups in total. The Morgan fingerprint density at radius 3 is 2.58 bits per heavy atom. The van der Waals surface area contributed by atoms with Gasteiger partial charge >= 0.3 is 12.7 Å². The minimum absolute atomic E-state index is 0.0117. The van der Waals surface area contributed by atoms with Crippen molar-refractivity contribution in [1.82, 2.24) is 14.9 Å². The average molecular weight is 445 g/mol. The van der Waals surface area contributed by atoms with Gasteiger partial charge in [0.2, 0.25) is 0 Å². The molecule has 3 heterocycles. The van der Waals surface area contributed by atoms with Crippen LogP contribution in [0, 0.1) is 5.82 Å². The molecule has 2 aromatic heterocycles. The van der Waals surface area contributed by atoms with Gasteiger partial charge in [-0.15, -0.1) is 0 Å². The lowest BCUT2D eigenvalue weighted by Gasteiger charge is -2.35. The third kappa shape index (κ3) is 3.59. The third-order valence-electron chi connectivity index (χ3n) is 4.79. The second-order valence-electron chi connectivity index (χ2n) is 6.66. The van der Waals surface area contributed by atoms with Gasteiger partial charge in [-0.1, -0.05) is 5.16 Å². The smallest absolute Gasteiger partial charge is 0.418 e. The van der Waals surface area contributed by atoms with Crippen molar-refractivity contribution in [3.05, 3.63) is 48.0 Å². The van der Waals surface area contributed by atoms with E-state index in [0.29, 0.717) is 4.68 Å². The van der Waals surface area contributed by atoms with Crippen LogP contribution >= 0.6 is 0 Å². The number of hydrogen-bond acceptors (Lipinski definition) is 6. The second-order valence-corrected chi connectivity index (χ2v) is 6.66. The van der Waals surface area contributed by atoms with E-state index >= 15 is 0 Å². The van der Waals surface area contributed by atoms with Crippen molar-refractivity contribution in [1.29, 1.82) is 0 Å². The van der Waals surface area contributed by atoms with Gasteiger partial charge in [0.05, 0.1) is 12.8 Å². The van der Waals surface area contributed by atoms with Crippen LogP contribution in [0.5, 0.6) is 0 Å². The van der Waals surface area contributed by atoms with Crippen LogP contribution in [0.4, 0.5) is 26.3 Å². The number of ether oxygens (including phenoxy) is 1. The minimum atomic E-state index is -4.96. The predicted molar refractivity (Wildman–Crippen MR) is 94.3 cm³/mol. The van der Waals surface area contributed by atoms with E-state index in [1.165, 1.54) is 12.1 Å². The van der Waals surface area contributed by atoms with Crippen LogP contribution in [0.2, 0.25) is 0 Å². The first-order valence-electron chi connectivity index (χ1n) is 8.75. The van der Waals surface area contributed by atoms with Gasteiger partial charge in [0.15, 0.2) is 11.3 Å². The molecule has 164 valence electrons. The van der Waals surface area contributed by atoms with Crippen LogP contribution in [0.25, 0.3) is 22.6 Å². The van der Waals surface area contributed by atoms with E-state index in [1.54, 1.807) is 0 Å². The fraction of sp³-hybridized carbons (Fsp3) is 0.278. The summed E-state index contributed by atoms with van der Waals surface area (Å²) in [5.74, 6) is -1.15. The number of alkyl halides is 5. The molecule has 0 saturated carbocycles. The molecule has 1 aliphatic rings. The lowest BCUT2D eigenvalue weighted by atomic mass is 9.84. The number of amidine groups is 1. The highest BCUT2D eigenvalue weighted by molar-refractivity contribution is 5.73. The van der Waals surface area contributed by atoms with Crippen LogP contribution in [-0.4, -0.2) is 33.7 Å². The number of rotatable bonds is 4. The van der Waals surface area contributed by atoms with E-state index in [0.717, 1.165) is 24.5 Å². The molecule has 4 rings (SSSR count). The topological polar surface area (TPSA) is 91.5 Å². The van der Waals surface area contributed by atoms with Crippen molar-refractivity contribution in [2.75, 3.05) is 6.61 Å². The molecule has 1 atom stereocenters. The number of aliphatic imine (C=N–C) groups is 1. The number of nitrogens with zero attached hydrogens (tertiary/aromatic N) is 4. The normalized spacial score (nSPS) is 19.4. The molecule has 0 saturated heterocycles. The number of benzene rings is 1. The van der Waals surface area contributed by atoms with Crippen molar-refractivity contribution >= 4 is 6.02 Å². The van der Waals surface area contributed by atoms with Crippen LogP contribution in [0.1, 0.15) is 18.5 Å². The van der Waals surface area contributed by atoms with Crippen molar-refractivity contribution in [3.63, 3.8) is 0 Å². The van der Waals surface area contributed by atoms with E-state index in [1.807, 2.05) is 0 Å². The van der Waals surface area contributed by atoms with Gasteiger partial charge in [-0.05, 0) is 18.2 Å². The molecule has 0 bridgehead atoms. The Morgan fingerprint density at radius 1 is 1.16 bits per heavy atom. The van der Waals surface area contributed by atoms with E-state index in [4.69, 9.17) is 15.0 Å². The molecule has 13 heteroatoms. The number of hydrogen-bond donors (Lipinski definition) is 1. The minimum Gasteiger partial charge on any atom is -0.465 e. The standard InChI is InChI=1S/C18H13F6N5O2/c19-12-2-1-9(5-11(12)17(18(22,23)24)3-4-30-16(25)27-17)14-6-13(28-31-14)10-7-26-29(8-10)15(20)21/h1-2,5-8,15H,3-4H2,(H2,25,27)/t17-/m0/s1. The average Bonchev–Trinajstić information content (AvgIpc) is 3.37. The summed E-state index contributed by atoms with van der Waals surface area (Å²) in [5.41, 5.74) is 2.05. The van der Waals surface area contributed by atoms with E-state index in [2.05, 4.69) is 15.2 Å². The molecular weight excluding hydrogens is 432 g/mol. The second kappa shape index (κ2) is 7.32. The molecule has 31 heavy (non-hydrogen) atoms. The Bertz CT molecular complexity index is 1140. The quantitative estimate of drug-likeness (QED) is 0.607. The highest BCUT2D eigenvalue weighted by Gasteiger charge is 2.59. The molecule has 0 aliphatic carbocycles. The van der Waals surface area contributed by atoms with Crippen molar-refractivity contribution in [2.24, 2.45) is 10.7 Å². The number of halogens is 6. The zero-order chi connectivity index (χ0) is 22.4. The van der Waals surface area contributed by atoms with Gasteiger partial charge in [0.1, 0.15) is 11.5 Å². The molecule has 0 unspecified atom stereocenters. The van der Waals surface area contributed by atoms with Gasteiger partial charge in [0, 0.05) is 35.4 Å². The summed E-state index contributed by atoms with van der Waals surface area (Å²) in [7, 11) is 0. The number of nitrogens with two attached hydrogens (primary N) is 1. The Balaban J connectivity index is 1.76. The summed E-state index contributed by atoms with van der Waals surface area (Å²) in [6, 6.07) is 3.59. The Hall–Kier alpha value is -3.51. The molecule has 0 radical (unpaired) electrons. The first-order chi connectivity index (χ1) is 14.6. The van der Waals surface area contributed by atoms with Gasteiger partial charge < -0.3 is 15.0 Å². The molecule has 0 amide bonds. The lowest BCUT2D eigenvalue weighted by Crippen LogP contribution is -2.47.